The number of nitrogens with zero attached hydrogens (tertiary/aromatic N) is 3. The largest absolute Gasteiger partial charge is 1.00 e. The van der Waals surface area contributed by atoms with Crippen LogP contribution < -0.4 is 43.5 Å². The summed E-state index contributed by atoms with van der Waals surface area (Å²) < 4.78 is 105. The molecule has 4 aromatic carbocycles. The zero-order valence-electron chi connectivity index (χ0n) is 21.6. The summed E-state index contributed by atoms with van der Waals surface area (Å²) in [7, 11) is -15.9. The number of nitrogen functional groups attached to an aromatic ring is 1. The maximum Gasteiger partial charge on any atom is 1.00 e. The number of rotatable bonds is 6. The summed E-state index contributed by atoms with van der Waals surface area (Å²) in [6.45, 7) is 0. The molecule has 42 heavy (non-hydrogen) atoms. The Morgan fingerprint density at radius 2 is 1.40 bits per heavy atom. The average Bonchev–Trinajstić information content (AvgIpc) is 3.24. The molecule has 5 aromatic rings. The van der Waals surface area contributed by atoms with Crippen LogP contribution in [0, 0.1) is 0 Å². The molecule has 1 aromatic heterocycles. The first kappa shape index (κ1) is 33.9. The van der Waals surface area contributed by atoms with Gasteiger partial charge in [-0.2, -0.15) is 8.42 Å². The summed E-state index contributed by atoms with van der Waals surface area (Å²) in [6.07, 6.45) is 0. The number of anilines is 1. The van der Waals surface area contributed by atoms with Crippen molar-refractivity contribution in [1.29, 1.82) is 0 Å². The summed E-state index contributed by atoms with van der Waals surface area (Å²) in [5.41, 5.74) is 6.53. The predicted molar refractivity (Wildman–Crippen MR) is 143 cm³/mol. The molecule has 19 heteroatoms. The molecule has 0 aliphatic heterocycles. The van der Waals surface area contributed by atoms with Crippen LogP contribution in [-0.4, -0.2) is 43.9 Å². The molecule has 0 aliphatic carbocycles. The van der Waals surface area contributed by atoms with E-state index >= 15 is 0 Å². The molecule has 0 amide bonds. The van der Waals surface area contributed by atoms with E-state index in [-0.39, 0.29) is 53.5 Å². The van der Waals surface area contributed by atoms with E-state index in [0.29, 0.717) is 23.4 Å². The molecule has 0 bridgehead atoms. The third-order valence-corrected chi connectivity index (χ3v) is 9.05. The van der Waals surface area contributed by atoms with Gasteiger partial charge in [0.25, 0.3) is 10.1 Å². The van der Waals surface area contributed by atoms with E-state index in [4.69, 9.17) is 5.73 Å². The van der Waals surface area contributed by atoms with Gasteiger partial charge in [0, 0.05) is 16.3 Å². The van der Waals surface area contributed by atoms with Gasteiger partial charge in [0.1, 0.15) is 30.8 Å². The van der Waals surface area contributed by atoms with Gasteiger partial charge in [-0.3, -0.25) is 4.55 Å². The SMILES string of the molecule is Nc1nc(-c2ccc3ccccc3c2)c(N=Nc2cc(S(=O)(=O)[O-])c3cc(S(=O)(=O)[O-])cc(S(=O)(=O)O)c3c2)s1.[Li+].[Li+]. The fourth-order valence-corrected chi connectivity index (χ4v) is 6.70. The summed E-state index contributed by atoms with van der Waals surface area (Å²) in [5, 5.41) is 8.92. The van der Waals surface area contributed by atoms with E-state index in [1.54, 1.807) is 6.07 Å². The summed E-state index contributed by atoms with van der Waals surface area (Å²) in [4.78, 5) is 0.895. The van der Waals surface area contributed by atoms with Gasteiger partial charge in [0.15, 0.2) is 10.1 Å². The monoisotopic (exact) mass is 632 g/mol. The average molecular weight is 633 g/mol. The van der Waals surface area contributed by atoms with Gasteiger partial charge in [-0.05, 0) is 41.1 Å². The van der Waals surface area contributed by atoms with Gasteiger partial charge in [0.2, 0.25) is 0 Å². The second-order valence-corrected chi connectivity index (χ2v) is 13.4. The first-order valence-electron chi connectivity index (χ1n) is 10.8. The van der Waals surface area contributed by atoms with Crippen molar-refractivity contribution in [2.24, 2.45) is 10.2 Å². The van der Waals surface area contributed by atoms with Crippen molar-refractivity contribution in [2.45, 2.75) is 14.7 Å². The maximum absolute atomic E-state index is 12.1. The summed E-state index contributed by atoms with van der Waals surface area (Å²) in [6, 6.07) is 15.6. The molecule has 0 spiro atoms. The molecule has 0 atom stereocenters. The quantitative estimate of drug-likeness (QED) is 0.120. The molecular formula is C23H14Li2N4O9S4. The fourth-order valence-electron chi connectivity index (χ4n) is 4.00. The van der Waals surface area contributed by atoms with Crippen molar-refractivity contribution in [3.63, 3.8) is 0 Å². The molecule has 5 rings (SSSR count). The van der Waals surface area contributed by atoms with Gasteiger partial charge >= 0.3 is 37.7 Å². The summed E-state index contributed by atoms with van der Waals surface area (Å²) >= 11 is 0.948. The second-order valence-electron chi connectivity index (χ2n) is 8.31. The van der Waals surface area contributed by atoms with Crippen LogP contribution in [0.2, 0.25) is 0 Å². The molecule has 1 heterocycles. The second kappa shape index (κ2) is 12.2. The molecule has 206 valence electrons. The molecule has 0 fully saturated rings. The Morgan fingerprint density at radius 1 is 0.762 bits per heavy atom. The fraction of sp³-hybridized carbons (Fsp3) is 0. The third-order valence-electron chi connectivity index (χ3n) is 5.69. The predicted octanol–water partition coefficient (Wildman–Crippen LogP) is -1.82. The van der Waals surface area contributed by atoms with Crippen LogP contribution in [0.25, 0.3) is 32.8 Å². The number of azo groups is 1. The van der Waals surface area contributed by atoms with Gasteiger partial charge in [-0.25, -0.2) is 21.8 Å². The molecule has 0 saturated carbocycles. The smallest absolute Gasteiger partial charge is 0.744 e. The molecular weight excluding hydrogens is 618 g/mol. The van der Waals surface area contributed by atoms with E-state index < -0.39 is 55.8 Å². The zero-order valence-corrected chi connectivity index (χ0v) is 24.9. The molecule has 0 radical (unpaired) electrons. The van der Waals surface area contributed by atoms with E-state index in [1.807, 2.05) is 36.4 Å². The molecule has 3 N–H and O–H groups in total. The normalized spacial score (nSPS) is 12.4. The van der Waals surface area contributed by atoms with E-state index in [9.17, 15) is 38.9 Å². The Morgan fingerprint density at radius 3 is 2.02 bits per heavy atom. The minimum atomic E-state index is -5.38. The Bertz CT molecular complexity index is 2220. The zero-order chi connectivity index (χ0) is 29.0. The van der Waals surface area contributed by atoms with Crippen molar-refractivity contribution < 1.29 is 76.6 Å². The topological polar surface area (TPSA) is 232 Å². The van der Waals surface area contributed by atoms with Crippen molar-refractivity contribution in [2.75, 3.05) is 5.73 Å². The standard InChI is InChI=1S/C23H16N4O9S4.2Li/c24-23-25-21(14-6-5-12-3-1-2-4-13(12)7-14)22(37-23)27-26-15-8-17-18(19(9-15)39(31,32)33)10-16(38(28,29)30)11-20(17)40(34,35)36;;/h1-11H,(H2,24,25)(H,28,29,30)(H,31,32,33)(H,34,35,36);;/q;2*+1/p-2. The van der Waals surface area contributed by atoms with Crippen LogP contribution in [-0.2, 0) is 30.4 Å². The minimum Gasteiger partial charge on any atom is -0.744 e. The van der Waals surface area contributed by atoms with Gasteiger partial charge in [0.05, 0.1) is 15.5 Å². The Balaban J connectivity index is 0.00000242. The Labute approximate surface area is 267 Å². The van der Waals surface area contributed by atoms with Crippen LogP contribution in [0.5, 0.6) is 0 Å². The number of benzene rings is 4. The van der Waals surface area contributed by atoms with Gasteiger partial charge in [-0.15, -0.1) is 10.2 Å². The summed E-state index contributed by atoms with van der Waals surface area (Å²) in [5.74, 6) is 0. The van der Waals surface area contributed by atoms with Crippen molar-refractivity contribution in [3.05, 3.63) is 66.7 Å². The molecule has 0 saturated heterocycles. The number of nitrogens with two attached hydrogens (primary N) is 1. The third kappa shape index (κ3) is 6.94. The maximum atomic E-state index is 12.1. The van der Waals surface area contributed by atoms with Crippen molar-refractivity contribution in [3.8, 4) is 11.3 Å². The van der Waals surface area contributed by atoms with Crippen LogP contribution in [0.1, 0.15) is 0 Å². The number of fused-ring (bicyclic) bond motifs is 2. The number of hydrogen-bond donors (Lipinski definition) is 2. The minimum absolute atomic E-state index is 0. The van der Waals surface area contributed by atoms with E-state index in [2.05, 4.69) is 15.2 Å². The number of hydrogen-bond acceptors (Lipinski definition) is 13. The Kier molecular flexibility index (Phi) is 9.80. The van der Waals surface area contributed by atoms with Gasteiger partial charge < -0.3 is 14.8 Å². The molecule has 0 unspecified atom stereocenters. The van der Waals surface area contributed by atoms with Crippen LogP contribution in [0.4, 0.5) is 15.8 Å². The van der Waals surface area contributed by atoms with Gasteiger partial charge in [-0.1, -0.05) is 47.7 Å². The first-order chi connectivity index (χ1) is 18.6. The van der Waals surface area contributed by atoms with E-state index in [1.165, 1.54) is 0 Å². The Hall–Kier alpha value is -2.65. The van der Waals surface area contributed by atoms with E-state index in [0.717, 1.165) is 34.2 Å². The van der Waals surface area contributed by atoms with Crippen LogP contribution in [0.3, 0.4) is 0 Å². The molecule has 13 nitrogen and oxygen atoms in total. The van der Waals surface area contributed by atoms with Crippen molar-refractivity contribution in [1.82, 2.24) is 4.98 Å². The first-order valence-corrected chi connectivity index (χ1v) is 15.9. The van der Waals surface area contributed by atoms with Crippen LogP contribution >= 0.6 is 11.3 Å². The number of thiazole rings is 1. The number of aromatic nitrogens is 1. The van der Waals surface area contributed by atoms with Crippen molar-refractivity contribution >= 4 is 79.1 Å². The van der Waals surface area contributed by atoms with Crippen LogP contribution in [0.15, 0.2) is 91.6 Å². The molecule has 0 aliphatic rings.